The van der Waals surface area contributed by atoms with E-state index in [4.69, 9.17) is 21.1 Å². The Balaban J connectivity index is 1.52. The van der Waals surface area contributed by atoms with Crippen LogP contribution < -0.4 is 0 Å². The van der Waals surface area contributed by atoms with Crippen molar-refractivity contribution in [3.63, 3.8) is 0 Å². The van der Waals surface area contributed by atoms with Gasteiger partial charge in [-0.1, -0.05) is 11.6 Å². The molecule has 0 radical (unpaired) electrons. The molecule has 1 aromatic rings. The van der Waals surface area contributed by atoms with E-state index in [0.717, 1.165) is 19.4 Å². The lowest BCUT2D eigenvalue weighted by atomic mass is 9.98. The van der Waals surface area contributed by atoms with E-state index in [0.29, 0.717) is 37.6 Å². The smallest absolute Gasteiger partial charge is 0.309 e. The van der Waals surface area contributed by atoms with Gasteiger partial charge in [0.25, 0.3) is 0 Å². The molecule has 0 saturated carbocycles. The molecule has 3 rings (SSSR count). The summed E-state index contributed by atoms with van der Waals surface area (Å²) in [7, 11) is -3.55. The number of hydrogen-bond acceptors (Lipinski definition) is 5. The van der Waals surface area contributed by atoms with Crippen LogP contribution in [0.15, 0.2) is 29.2 Å². The molecule has 0 aliphatic carbocycles. The molecule has 0 amide bonds. The Morgan fingerprint density at radius 3 is 2.48 bits per heavy atom. The van der Waals surface area contributed by atoms with E-state index < -0.39 is 10.0 Å². The minimum absolute atomic E-state index is 0.00863. The van der Waals surface area contributed by atoms with Gasteiger partial charge in [-0.3, -0.25) is 4.79 Å². The molecule has 0 bridgehead atoms. The van der Waals surface area contributed by atoms with E-state index in [1.807, 2.05) is 0 Å². The van der Waals surface area contributed by atoms with Gasteiger partial charge in [0, 0.05) is 24.7 Å². The second-order valence-electron chi connectivity index (χ2n) is 6.40. The Labute approximate surface area is 153 Å². The van der Waals surface area contributed by atoms with Crippen molar-refractivity contribution in [2.75, 3.05) is 26.3 Å². The SMILES string of the molecule is O=C(OC[C@H]1CCCO1)C1CCN(S(=O)(=O)c2ccc(Cl)cc2)CC1. The summed E-state index contributed by atoms with van der Waals surface area (Å²) in [4.78, 5) is 12.4. The van der Waals surface area contributed by atoms with Gasteiger partial charge in [-0.15, -0.1) is 0 Å². The fourth-order valence-corrected chi connectivity index (χ4v) is 4.75. The number of sulfonamides is 1. The van der Waals surface area contributed by atoms with Crippen molar-refractivity contribution in [3.8, 4) is 0 Å². The predicted molar refractivity (Wildman–Crippen MR) is 92.9 cm³/mol. The van der Waals surface area contributed by atoms with Crippen LogP contribution in [0.25, 0.3) is 0 Å². The normalized spacial score (nSPS) is 22.8. The number of ether oxygens (including phenoxy) is 2. The zero-order chi connectivity index (χ0) is 17.9. The van der Waals surface area contributed by atoms with Crippen molar-refractivity contribution in [2.24, 2.45) is 5.92 Å². The van der Waals surface area contributed by atoms with Gasteiger partial charge in [0.15, 0.2) is 0 Å². The average molecular weight is 388 g/mol. The molecule has 6 nitrogen and oxygen atoms in total. The summed E-state index contributed by atoms with van der Waals surface area (Å²) in [6, 6.07) is 6.12. The summed E-state index contributed by atoms with van der Waals surface area (Å²) in [5.41, 5.74) is 0. The zero-order valence-corrected chi connectivity index (χ0v) is 15.5. The van der Waals surface area contributed by atoms with Crippen LogP contribution in [0.5, 0.6) is 0 Å². The van der Waals surface area contributed by atoms with Crippen molar-refractivity contribution in [1.29, 1.82) is 0 Å². The molecule has 25 heavy (non-hydrogen) atoms. The molecular formula is C17H22ClNO5S. The summed E-state index contributed by atoms with van der Waals surface area (Å²) >= 11 is 5.81. The number of hydrogen-bond donors (Lipinski definition) is 0. The number of carbonyl (C=O) groups is 1. The van der Waals surface area contributed by atoms with E-state index >= 15 is 0 Å². The molecule has 0 unspecified atom stereocenters. The van der Waals surface area contributed by atoms with Gasteiger partial charge in [0.2, 0.25) is 10.0 Å². The van der Waals surface area contributed by atoms with Crippen molar-refractivity contribution in [2.45, 2.75) is 36.7 Å². The minimum atomic E-state index is -3.55. The summed E-state index contributed by atoms with van der Waals surface area (Å²) in [6.45, 7) is 1.64. The first-order valence-corrected chi connectivity index (χ1v) is 10.3. The molecule has 0 aromatic heterocycles. The van der Waals surface area contributed by atoms with Crippen molar-refractivity contribution in [3.05, 3.63) is 29.3 Å². The van der Waals surface area contributed by atoms with E-state index in [-0.39, 0.29) is 22.9 Å². The van der Waals surface area contributed by atoms with Gasteiger partial charge >= 0.3 is 5.97 Å². The quantitative estimate of drug-likeness (QED) is 0.725. The molecule has 2 heterocycles. The molecule has 2 aliphatic rings. The fourth-order valence-electron chi connectivity index (χ4n) is 3.16. The maximum atomic E-state index is 12.6. The lowest BCUT2D eigenvalue weighted by Gasteiger charge is -2.30. The predicted octanol–water partition coefficient (Wildman–Crippen LogP) is 2.46. The zero-order valence-electron chi connectivity index (χ0n) is 13.9. The Bertz CT molecular complexity index is 692. The van der Waals surface area contributed by atoms with Gasteiger partial charge in [-0.05, 0) is 49.9 Å². The molecule has 1 atom stereocenters. The number of esters is 1. The van der Waals surface area contributed by atoms with Crippen molar-refractivity contribution >= 4 is 27.6 Å². The molecule has 2 saturated heterocycles. The second kappa shape index (κ2) is 8.03. The molecule has 1 aromatic carbocycles. The number of nitrogens with zero attached hydrogens (tertiary/aromatic N) is 1. The van der Waals surface area contributed by atoms with Crippen LogP contribution in [0.3, 0.4) is 0 Å². The third-order valence-electron chi connectivity index (χ3n) is 4.67. The van der Waals surface area contributed by atoms with Crippen molar-refractivity contribution < 1.29 is 22.7 Å². The number of carbonyl (C=O) groups excluding carboxylic acids is 1. The molecule has 2 aliphatic heterocycles. The highest BCUT2D eigenvalue weighted by Crippen LogP contribution is 2.25. The van der Waals surface area contributed by atoms with Crippen molar-refractivity contribution in [1.82, 2.24) is 4.31 Å². The standard InChI is InChI=1S/C17H22ClNO5S/c18-14-3-5-16(6-4-14)25(21,22)19-9-7-13(8-10-19)17(20)24-12-15-2-1-11-23-15/h3-6,13,15H,1-2,7-12H2/t15-/m1/s1. The topological polar surface area (TPSA) is 72.9 Å². The monoisotopic (exact) mass is 387 g/mol. The Kier molecular flexibility index (Phi) is 5.99. The molecule has 0 spiro atoms. The maximum absolute atomic E-state index is 12.6. The van der Waals surface area contributed by atoms with Gasteiger partial charge < -0.3 is 9.47 Å². The van der Waals surface area contributed by atoms with Gasteiger partial charge in [0.1, 0.15) is 6.61 Å². The van der Waals surface area contributed by atoms with E-state index in [1.165, 1.54) is 16.4 Å². The second-order valence-corrected chi connectivity index (χ2v) is 8.77. The van der Waals surface area contributed by atoms with Gasteiger partial charge in [0.05, 0.1) is 16.9 Å². The average Bonchev–Trinajstić information content (AvgIpc) is 3.14. The third-order valence-corrected chi connectivity index (χ3v) is 6.84. The lowest BCUT2D eigenvalue weighted by molar-refractivity contribution is -0.153. The molecular weight excluding hydrogens is 366 g/mol. The van der Waals surface area contributed by atoms with Crippen LogP contribution in [0, 0.1) is 5.92 Å². The molecule has 138 valence electrons. The highest BCUT2D eigenvalue weighted by atomic mass is 35.5. The first-order valence-electron chi connectivity index (χ1n) is 8.51. The van der Waals surface area contributed by atoms with Crippen LogP contribution in [0.4, 0.5) is 0 Å². The number of piperidine rings is 1. The Hall–Kier alpha value is -1.15. The van der Waals surface area contributed by atoms with E-state index in [2.05, 4.69) is 0 Å². The highest BCUT2D eigenvalue weighted by molar-refractivity contribution is 7.89. The summed E-state index contributed by atoms with van der Waals surface area (Å²) in [5, 5.41) is 0.492. The van der Waals surface area contributed by atoms with Crippen LogP contribution in [-0.2, 0) is 24.3 Å². The first kappa shape index (κ1) is 18.6. The third kappa shape index (κ3) is 4.53. The summed E-state index contributed by atoms with van der Waals surface area (Å²) in [5.74, 6) is -0.503. The Morgan fingerprint density at radius 2 is 1.88 bits per heavy atom. The largest absolute Gasteiger partial charge is 0.463 e. The van der Waals surface area contributed by atoms with Crippen LogP contribution in [0.1, 0.15) is 25.7 Å². The molecule has 2 fully saturated rings. The van der Waals surface area contributed by atoms with Gasteiger partial charge in [-0.2, -0.15) is 4.31 Å². The van der Waals surface area contributed by atoms with Crippen LogP contribution in [0.2, 0.25) is 5.02 Å². The Morgan fingerprint density at radius 1 is 1.20 bits per heavy atom. The van der Waals surface area contributed by atoms with E-state index in [1.54, 1.807) is 12.1 Å². The van der Waals surface area contributed by atoms with E-state index in [9.17, 15) is 13.2 Å². The van der Waals surface area contributed by atoms with Gasteiger partial charge in [-0.25, -0.2) is 8.42 Å². The molecule has 8 heteroatoms. The van der Waals surface area contributed by atoms with Crippen LogP contribution >= 0.6 is 11.6 Å². The summed E-state index contributed by atoms with van der Waals surface area (Å²) < 4.78 is 37.4. The first-order chi connectivity index (χ1) is 12.0. The highest BCUT2D eigenvalue weighted by Gasteiger charge is 2.33. The number of benzene rings is 1. The fraction of sp³-hybridized carbons (Fsp3) is 0.588. The number of rotatable bonds is 5. The molecule has 0 N–H and O–H groups in total. The minimum Gasteiger partial charge on any atom is -0.463 e. The number of halogens is 1. The van der Waals surface area contributed by atoms with Crippen LogP contribution in [-0.4, -0.2) is 51.1 Å². The lowest BCUT2D eigenvalue weighted by Crippen LogP contribution is -2.40. The maximum Gasteiger partial charge on any atom is 0.309 e. The summed E-state index contributed by atoms with van der Waals surface area (Å²) in [6.07, 6.45) is 2.87.